The van der Waals surface area contributed by atoms with Gasteiger partial charge in [-0.3, -0.25) is 9.59 Å². The summed E-state index contributed by atoms with van der Waals surface area (Å²) in [7, 11) is 1.20. The molecule has 7 nitrogen and oxygen atoms in total. The maximum Gasteiger partial charge on any atom is 0.358 e. The molecule has 0 aromatic carbocycles. The SMILES string of the molecule is CCOC(=O)CC(=O)Nc1cc(Br)cnc1C(=O)OC. The maximum atomic E-state index is 11.7. The number of amides is 1. The van der Waals surface area contributed by atoms with Crippen LogP contribution < -0.4 is 5.32 Å². The zero-order chi connectivity index (χ0) is 15.1. The minimum atomic E-state index is -0.691. The first-order chi connectivity index (χ1) is 9.47. The van der Waals surface area contributed by atoms with E-state index >= 15 is 0 Å². The number of nitrogens with one attached hydrogen (secondary N) is 1. The second-order valence-corrected chi connectivity index (χ2v) is 4.49. The Morgan fingerprint density at radius 1 is 1.40 bits per heavy atom. The highest BCUT2D eigenvalue weighted by Gasteiger charge is 2.18. The van der Waals surface area contributed by atoms with Gasteiger partial charge in [0.15, 0.2) is 5.69 Å². The van der Waals surface area contributed by atoms with Gasteiger partial charge in [-0.15, -0.1) is 0 Å². The van der Waals surface area contributed by atoms with Gasteiger partial charge in [0, 0.05) is 10.7 Å². The van der Waals surface area contributed by atoms with Crippen molar-refractivity contribution in [3.63, 3.8) is 0 Å². The highest BCUT2D eigenvalue weighted by Crippen LogP contribution is 2.20. The Balaban J connectivity index is 2.85. The topological polar surface area (TPSA) is 94.6 Å². The Kier molecular flexibility index (Phi) is 6.10. The summed E-state index contributed by atoms with van der Waals surface area (Å²) in [5.74, 6) is -1.94. The molecule has 0 saturated heterocycles. The Labute approximate surface area is 123 Å². The van der Waals surface area contributed by atoms with Crippen molar-refractivity contribution in [3.8, 4) is 0 Å². The molecule has 0 aliphatic carbocycles. The summed E-state index contributed by atoms with van der Waals surface area (Å²) in [6, 6.07) is 1.49. The molecule has 0 spiro atoms. The van der Waals surface area contributed by atoms with Crippen molar-refractivity contribution >= 4 is 39.5 Å². The molecular weight excluding hydrogens is 332 g/mol. The third kappa shape index (κ3) is 4.61. The minimum Gasteiger partial charge on any atom is -0.466 e. The second kappa shape index (κ2) is 7.59. The lowest BCUT2D eigenvalue weighted by Gasteiger charge is -2.09. The Hall–Kier alpha value is -1.96. The third-order valence-corrected chi connectivity index (χ3v) is 2.55. The van der Waals surface area contributed by atoms with Crippen molar-refractivity contribution in [2.75, 3.05) is 19.0 Å². The summed E-state index contributed by atoms with van der Waals surface area (Å²) in [6.45, 7) is 1.83. The van der Waals surface area contributed by atoms with Crippen LogP contribution in [0.3, 0.4) is 0 Å². The number of nitrogens with zero attached hydrogens (tertiary/aromatic N) is 1. The van der Waals surface area contributed by atoms with Gasteiger partial charge in [0.25, 0.3) is 0 Å². The largest absolute Gasteiger partial charge is 0.466 e. The van der Waals surface area contributed by atoms with Crippen molar-refractivity contribution in [3.05, 3.63) is 22.4 Å². The molecule has 0 fully saturated rings. The molecule has 0 aliphatic heterocycles. The normalized spacial score (nSPS) is 9.75. The van der Waals surface area contributed by atoms with Crippen LogP contribution in [0.25, 0.3) is 0 Å². The fraction of sp³-hybridized carbons (Fsp3) is 0.333. The van der Waals surface area contributed by atoms with E-state index in [0.717, 1.165) is 0 Å². The number of anilines is 1. The number of hydrogen-bond acceptors (Lipinski definition) is 6. The number of esters is 2. The fourth-order valence-corrected chi connectivity index (χ4v) is 1.66. The van der Waals surface area contributed by atoms with Gasteiger partial charge in [0.05, 0.1) is 19.4 Å². The summed E-state index contributed by atoms with van der Waals surface area (Å²) in [6.07, 6.45) is 0.953. The molecule has 20 heavy (non-hydrogen) atoms. The molecule has 1 rings (SSSR count). The van der Waals surface area contributed by atoms with Gasteiger partial charge >= 0.3 is 11.9 Å². The molecule has 108 valence electrons. The van der Waals surface area contributed by atoms with Gasteiger partial charge in [0.2, 0.25) is 5.91 Å². The van der Waals surface area contributed by atoms with Crippen LogP contribution in [-0.2, 0) is 19.1 Å². The van der Waals surface area contributed by atoms with Crippen LogP contribution in [0.1, 0.15) is 23.8 Å². The molecule has 8 heteroatoms. The number of ether oxygens (including phenoxy) is 2. The average molecular weight is 345 g/mol. The van der Waals surface area contributed by atoms with Gasteiger partial charge in [-0.05, 0) is 28.9 Å². The van der Waals surface area contributed by atoms with Crippen LogP contribution in [0.4, 0.5) is 5.69 Å². The van der Waals surface area contributed by atoms with Crippen LogP contribution in [0.2, 0.25) is 0 Å². The van der Waals surface area contributed by atoms with Crippen molar-refractivity contribution in [1.29, 1.82) is 0 Å². The van der Waals surface area contributed by atoms with E-state index in [1.807, 2.05) is 0 Å². The first-order valence-corrected chi connectivity index (χ1v) is 6.46. The second-order valence-electron chi connectivity index (χ2n) is 3.57. The zero-order valence-corrected chi connectivity index (χ0v) is 12.5. The van der Waals surface area contributed by atoms with Gasteiger partial charge in [0.1, 0.15) is 6.42 Å². The molecule has 0 saturated carbocycles. The molecule has 1 amide bonds. The minimum absolute atomic E-state index is 0.0482. The van der Waals surface area contributed by atoms with E-state index in [1.54, 1.807) is 6.92 Å². The summed E-state index contributed by atoms with van der Waals surface area (Å²) < 4.78 is 9.78. The highest BCUT2D eigenvalue weighted by atomic mass is 79.9. The van der Waals surface area contributed by atoms with Crippen LogP contribution in [0.15, 0.2) is 16.7 Å². The van der Waals surface area contributed by atoms with Crippen LogP contribution >= 0.6 is 15.9 Å². The quantitative estimate of drug-likeness (QED) is 0.642. The zero-order valence-electron chi connectivity index (χ0n) is 10.9. The molecule has 0 aliphatic rings. The van der Waals surface area contributed by atoms with E-state index in [1.165, 1.54) is 19.4 Å². The highest BCUT2D eigenvalue weighted by molar-refractivity contribution is 9.10. The van der Waals surface area contributed by atoms with E-state index in [-0.39, 0.29) is 18.0 Å². The molecule has 1 aromatic rings. The first-order valence-electron chi connectivity index (χ1n) is 5.67. The van der Waals surface area contributed by atoms with Crippen LogP contribution in [-0.4, -0.2) is 36.5 Å². The lowest BCUT2D eigenvalue weighted by molar-refractivity contribution is -0.145. The Bertz CT molecular complexity index is 533. The number of rotatable bonds is 5. The smallest absolute Gasteiger partial charge is 0.358 e. The Morgan fingerprint density at radius 2 is 2.10 bits per heavy atom. The third-order valence-electron chi connectivity index (χ3n) is 2.12. The number of methoxy groups -OCH3 is 1. The number of carbonyl (C=O) groups excluding carboxylic acids is 3. The average Bonchev–Trinajstić information content (AvgIpc) is 2.38. The number of carbonyl (C=O) groups is 3. The van der Waals surface area contributed by atoms with Crippen molar-refractivity contribution in [2.24, 2.45) is 0 Å². The van der Waals surface area contributed by atoms with Gasteiger partial charge in [-0.1, -0.05) is 0 Å². The summed E-state index contributed by atoms with van der Waals surface area (Å²) in [5.41, 5.74) is 0.105. The number of hydrogen-bond donors (Lipinski definition) is 1. The molecule has 0 unspecified atom stereocenters. The number of halogens is 1. The van der Waals surface area contributed by atoms with Gasteiger partial charge in [-0.25, -0.2) is 9.78 Å². The molecule has 0 bridgehead atoms. The summed E-state index contributed by atoms with van der Waals surface area (Å²) >= 11 is 3.18. The molecular formula is C12H13BrN2O5. The van der Waals surface area contributed by atoms with Crippen molar-refractivity contribution in [1.82, 2.24) is 4.98 Å². The molecule has 1 aromatic heterocycles. The summed E-state index contributed by atoms with van der Waals surface area (Å²) in [5, 5.41) is 2.42. The lowest BCUT2D eigenvalue weighted by atomic mass is 10.2. The predicted molar refractivity (Wildman–Crippen MR) is 73.2 cm³/mol. The number of aromatic nitrogens is 1. The van der Waals surface area contributed by atoms with E-state index < -0.39 is 24.3 Å². The molecule has 0 atom stereocenters. The van der Waals surface area contributed by atoms with E-state index in [4.69, 9.17) is 0 Å². The number of pyridine rings is 1. The first kappa shape index (κ1) is 16.1. The van der Waals surface area contributed by atoms with Crippen LogP contribution in [0, 0.1) is 0 Å². The van der Waals surface area contributed by atoms with Crippen molar-refractivity contribution < 1.29 is 23.9 Å². The van der Waals surface area contributed by atoms with Gasteiger partial charge in [-0.2, -0.15) is 0 Å². The van der Waals surface area contributed by atoms with E-state index in [2.05, 4.69) is 35.7 Å². The molecule has 1 N–H and O–H groups in total. The summed E-state index contributed by atoms with van der Waals surface area (Å²) in [4.78, 5) is 38.2. The Morgan fingerprint density at radius 3 is 2.70 bits per heavy atom. The monoisotopic (exact) mass is 344 g/mol. The van der Waals surface area contributed by atoms with Crippen molar-refractivity contribution in [2.45, 2.75) is 13.3 Å². The lowest BCUT2D eigenvalue weighted by Crippen LogP contribution is -2.20. The predicted octanol–water partition coefficient (Wildman–Crippen LogP) is 1.52. The molecule has 0 radical (unpaired) electrons. The van der Waals surface area contributed by atoms with Crippen LogP contribution in [0.5, 0.6) is 0 Å². The fourth-order valence-electron chi connectivity index (χ4n) is 1.33. The van der Waals surface area contributed by atoms with E-state index in [9.17, 15) is 14.4 Å². The standard InChI is InChI=1S/C12H13BrN2O5/c1-3-20-10(17)5-9(16)15-8-4-7(13)6-14-11(8)12(18)19-2/h4,6H,3,5H2,1-2H3,(H,15,16). The van der Waals surface area contributed by atoms with Gasteiger partial charge < -0.3 is 14.8 Å². The maximum absolute atomic E-state index is 11.7. The van der Waals surface area contributed by atoms with E-state index in [0.29, 0.717) is 4.47 Å². The molecule has 1 heterocycles.